The first-order valence-corrected chi connectivity index (χ1v) is 8.76. The van der Waals surface area contributed by atoms with Gasteiger partial charge in [0.05, 0.1) is 0 Å². The van der Waals surface area contributed by atoms with Gasteiger partial charge in [0, 0.05) is 20.3 Å². The van der Waals surface area contributed by atoms with E-state index in [9.17, 15) is 0 Å². The molecule has 1 N–H and O–H groups in total. The van der Waals surface area contributed by atoms with Gasteiger partial charge in [0.1, 0.15) is 0 Å². The monoisotopic (exact) mass is 343 g/mol. The Morgan fingerprint density at radius 1 is 1.28 bits per heavy atom. The number of hydrogen-bond donors (Lipinski definition) is 1. The zero-order chi connectivity index (χ0) is 12.8. The van der Waals surface area contributed by atoms with Gasteiger partial charge < -0.3 is 5.32 Å². The van der Waals surface area contributed by atoms with Crippen molar-refractivity contribution in [2.45, 2.75) is 31.7 Å². The summed E-state index contributed by atoms with van der Waals surface area (Å²) in [6.07, 6.45) is 4.83. The van der Waals surface area contributed by atoms with Crippen molar-refractivity contribution in [1.29, 1.82) is 0 Å². The molecule has 0 spiro atoms. The number of likely N-dealkylation sites (N-methyl/N-ethyl adjacent to an activating group) is 1. The highest BCUT2D eigenvalue weighted by atomic mass is 79.9. The van der Waals surface area contributed by atoms with Crippen molar-refractivity contribution in [3.63, 3.8) is 0 Å². The molecule has 4 heteroatoms. The van der Waals surface area contributed by atoms with Crippen LogP contribution in [0.3, 0.4) is 0 Å². The van der Waals surface area contributed by atoms with Crippen LogP contribution < -0.4 is 5.32 Å². The molecular formula is C14H18BrNS2. The zero-order valence-electron chi connectivity index (χ0n) is 10.5. The summed E-state index contributed by atoms with van der Waals surface area (Å²) < 4.78 is 1.26. The largest absolute Gasteiger partial charge is 0.317 e. The average molecular weight is 344 g/mol. The molecule has 0 bridgehead atoms. The van der Waals surface area contributed by atoms with E-state index in [0.29, 0.717) is 6.04 Å². The Balaban J connectivity index is 1.77. The second-order valence-corrected chi connectivity index (χ2v) is 7.24. The van der Waals surface area contributed by atoms with E-state index in [4.69, 9.17) is 0 Å². The number of thiophene rings is 2. The number of aryl methyl sites for hydroxylation is 1. The molecule has 0 saturated heterocycles. The Kier molecular flexibility index (Phi) is 5.89. The van der Waals surface area contributed by atoms with E-state index in [-0.39, 0.29) is 0 Å². The van der Waals surface area contributed by atoms with Crippen molar-refractivity contribution in [2.24, 2.45) is 0 Å². The van der Waals surface area contributed by atoms with Gasteiger partial charge in [-0.3, -0.25) is 0 Å². The third-order valence-corrected chi connectivity index (χ3v) is 5.97. The van der Waals surface area contributed by atoms with Crippen molar-refractivity contribution in [3.05, 3.63) is 43.2 Å². The zero-order valence-corrected chi connectivity index (χ0v) is 13.7. The number of nitrogens with one attached hydrogen (secondary N) is 1. The first kappa shape index (κ1) is 14.3. The molecule has 0 aromatic carbocycles. The molecule has 1 unspecified atom stereocenters. The molecule has 0 aliphatic rings. The maximum atomic E-state index is 3.61. The molecule has 0 radical (unpaired) electrons. The Morgan fingerprint density at radius 3 is 2.78 bits per heavy atom. The Bertz CT molecular complexity index is 450. The van der Waals surface area contributed by atoms with Gasteiger partial charge in [-0.2, -0.15) is 0 Å². The van der Waals surface area contributed by atoms with Crippen LogP contribution in [0, 0.1) is 0 Å². The molecule has 0 aliphatic carbocycles. The van der Waals surface area contributed by atoms with Crippen LogP contribution in [0.25, 0.3) is 0 Å². The van der Waals surface area contributed by atoms with Gasteiger partial charge in [-0.25, -0.2) is 0 Å². The molecule has 2 aromatic heterocycles. The average Bonchev–Trinajstić information content (AvgIpc) is 3.00. The van der Waals surface area contributed by atoms with E-state index in [1.165, 1.54) is 33.5 Å². The third-order valence-electron chi connectivity index (χ3n) is 3.09. The molecule has 1 nitrogen and oxygen atoms in total. The van der Waals surface area contributed by atoms with Gasteiger partial charge in [0.25, 0.3) is 0 Å². The van der Waals surface area contributed by atoms with Crippen molar-refractivity contribution >= 4 is 38.6 Å². The first-order valence-electron chi connectivity index (χ1n) is 6.21. The fraction of sp³-hybridized carbons (Fsp3) is 0.429. The number of hydrogen-bond acceptors (Lipinski definition) is 3. The van der Waals surface area contributed by atoms with Crippen molar-refractivity contribution in [2.75, 3.05) is 7.05 Å². The lowest BCUT2D eigenvalue weighted by Gasteiger charge is -2.15. The molecule has 2 aromatic rings. The van der Waals surface area contributed by atoms with E-state index in [1.807, 2.05) is 22.7 Å². The van der Waals surface area contributed by atoms with E-state index in [2.05, 4.69) is 57.3 Å². The van der Waals surface area contributed by atoms with E-state index >= 15 is 0 Å². The normalized spacial score (nSPS) is 12.8. The van der Waals surface area contributed by atoms with Crippen molar-refractivity contribution in [1.82, 2.24) is 5.32 Å². The molecule has 98 valence electrons. The summed E-state index contributed by atoms with van der Waals surface area (Å²) in [5, 5.41) is 7.75. The maximum absolute atomic E-state index is 3.61. The Labute approximate surface area is 125 Å². The topological polar surface area (TPSA) is 12.0 Å². The lowest BCUT2D eigenvalue weighted by atomic mass is 10.1. The summed E-state index contributed by atoms with van der Waals surface area (Å²) in [5.74, 6) is 0. The molecule has 18 heavy (non-hydrogen) atoms. The van der Waals surface area contributed by atoms with Gasteiger partial charge in [-0.15, -0.1) is 22.7 Å². The fourth-order valence-electron chi connectivity index (χ4n) is 2.02. The van der Waals surface area contributed by atoms with Crippen LogP contribution >= 0.6 is 38.6 Å². The maximum Gasteiger partial charge on any atom is 0.0314 e. The quantitative estimate of drug-likeness (QED) is 0.766. The molecule has 0 fully saturated rings. The third kappa shape index (κ3) is 4.19. The summed E-state index contributed by atoms with van der Waals surface area (Å²) in [6.45, 7) is 0. The fourth-order valence-corrected chi connectivity index (χ4v) is 4.37. The first-order chi connectivity index (χ1) is 8.79. The van der Waals surface area contributed by atoms with Crippen LogP contribution in [0.4, 0.5) is 0 Å². The van der Waals surface area contributed by atoms with Gasteiger partial charge in [0.2, 0.25) is 0 Å². The second kappa shape index (κ2) is 7.43. The minimum Gasteiger partial charge on any atom is -0.317 e. The Morgan fingerprint density at radius 2 is 2.17 bits per heavy atom. The molecule has 0 saturated carbocycles. The molecule has 2 heterocycles. The van der Waals surface area contributed by atoms with Crippen LogP contribution in [0.15, 0.2) is 33.4 Å². The van der Waals surface area contributed by atoms with E-state index in [1.54, 1.807) is 0 Å². The standard InChI is InChI=1S/C14H18BrNS2/c1-16-11(10-14-13(15)7-9-18-14)4-2-5-12-6-3-8-17-12/h3,6-9,11,16H,2,4-5,10H2,1H3. The number of halogens is 1. The lowest BCUT2D eigenvalue weighted by molar-refractivity contribution is 0.505. The van der Waals surface area contributed by atoms with Crippen LogP contribution in [0.1, 0.15) is 22.6 Å². The summed E-state index contributed by atoms with van der Waals surface area (Å²) in [5.41, 5.74) is 0. The predicted molar refractivity (Wildman–Crippen MR) is 85.8 cm³/mol. The molecule has 1 atom stereocenters. The van der Waals surface area contributed by atoms with Gasteiger partial charge in [-0.05, 0) is 71.6 Å². The SMILES string of the molecule is CNC(CCCc1cccs1)Cc1sccc1Br. The summed E-state index contributed by atoms with van der Waals surface area (Å²) in [6, 6.07) is 7.09. The summed E-state index contributed by atoms with van der Waals surface area (Å²) in [4.78, 5) is 2.95. The van der Waals surface area contributed by atoms with E-state index < -0.39 is 0 Å². The Hall–Kier alpha value is -0.160. The van der Waals surface area contributed by atoms with Gasteiger partial charge in [-0.1, -0.05) is 6.07 Å². The summed E-state index contributed by atoms with van der Waals surface area (Å²) in [7, 11) is 2.07. The van der Waals surface area contributed by atoms with Crippen LogP contribution in [0.5, 0.6) is 0 Å². The van der Waals surface area contributed by atoms with Gasteiger partial charge >= 0.3 is 0 Å². The van der Waals surface area contributed by atoms with Crippen LogP contribution in [-0.2, 0) is 12.8 Å². The summed E-state index contributed by atoms with van der Waals surface area (Å²) >= 11 is 7.31. The van der Waals surface area contributed by atoms with Crippen LogP contribution in [-0.4, -0.2) is 13.1 Å². The molecule has 0 amide bonds. The molecule has 2 rings (SSSR count). The van der Waals surface area contributed by atoms with Crippen molar-refractivity contribution < 1.29 is 0 Å². The van der Waals surface area contributed by atoms with E-state index in [0.717, 1.165) is 6.42 Å². The lowest BCUT2D eigenvalue weighted by Crippen LogP contribution is -2.27. The second-order valence-electron chi connectivity index (χ2n) is 4.35. The smallest absolute Gasteiger partial charge is 0.0314 e. The highest BCUT2D eigenvalue weighted by Crippen LogP contribution is 2.25. The van der Waals surface area contributed by atoms with Crippen molar-refractivity contribution in [3.8, 4) is 0 Å². The van der Waals surface area contributed by atoms with Gasteiger partial charge in [0.15, 0.2) is 0 Å². The molecular weight excluding hydrogens is 326 g/mol. The highest BCUT2D eigenvalue weighted by Gasteiger charge is 2.10. The predicted octanol–water partition coefficient (Wildman–Crippen LogP) is 4.73. The minimum atomic E-state index is 0.583. The number of rotatable bonds is 7. The van der Waals surface area contributed by atoms with Crippen LogP contribution in [0.2, 0.25) is 0 Å². The highest BCUT2D eigenvalue weighted by molar-refractivity contribution is 9.10. The minimum absolute atomic E-state index is 0.583. The molecule has 0 aliphatic heterocycles.